The lowest BCUT2D eigenvalue weighted by Gasteiger charge is -2.26. The number of methoxy groups -OCH3 is 1. The summed E-state index contributed by atoms with van der Waals surface area (Å²) in [4.78, 5) is 16.9. The van der Waals surface area contributed by atoms with Gasteiger partial charge in [-0.3, -0.25) is 4.90 Å². The minimum atomic E-state index is 0.618. The van der Waals surface area contributed by atoms with Gasteiger partial charge in [0.1, 0.15) is 12.1 Å². The van der Waals surface area contributed by atoms with Crippen LogP contribution in [-0.2, 0) is 4.74 Å². The second kappa shape index (κ2) is 9.55. The highest BCUT2D eigenvalue weighted by Crippen LogP contribution is 2.35. The second-order valence-electron chi connectivity index (χ2n) is 7.18. The van der Waals surface area contributed by atoms with Crippen molar-refractivity contribution in [3.05, 3.63) is 29.0 Å². The summed E-state index contributed by atoms with van der Waals surface area (Å²) in [5.74, 6) is 2.06. The Kier molecular flexibility index (Phi) is 6.61. The summed E-state index contributed by atoms with van der Waals surface area (Å²) in [6, 6.07) is 3.83. The molecule has 1 saturated heterocycles. The van der Waals surface area contributed by atoms with Gasteiger partial charge in [-0.05, 0) is 26.3 Å². The number of anilines is 2. The Morgan fingerprint density at radius 3 is 2.73 bits per heavy atom. The van der Waals surface area contributed by atoms with E-state index in [4.69, 9.17) is 14.2 Å². The zero-order chi connectivity index (χ0) is 20.9. The molecule has 0 saturated carbocycles. The molecule has 1 aliphatic rings. The molecular formula is C21H27N5O3S. The average Bonchev–Trinajstić information content (AvgIpc) is 3.08. The van der Waals surface area contributed by atoms with Crippen LogP contribution in [0.1, 0.15) is 17.0 Å². The highest BCUT2D eigenvalue weighted by Gasteiger charge is 2.14. The molecule has 160 valence electrons. The van der Waals surface area contributed by atoms with Gasteiger partial charge in [-0.25, -0.2) is 15.0 Å². The Hall–Kier alpha value is -2.49. The van der Waals surface area contributed by atoms with Crippen LogP contribution in [0, 0.1) is 13.8 Å². The lowest BCUT2D eigenvalue weighted by molar-refractivity contribution is 0.0357. The second-order valence-corrected chi connectivity index (χ2v) is 8.39. The number of nitrogens with zero attached hydrogens (tertiary/aromatic N) is 4. The molecule has 1 aliphatic heterocycles. The van der Waals surface area contributed by atoms with E-state index >= 15 is 0 Å². The Morgan fingerprint density at radius 2 is 2.00 bits per heavy atom. The number of hydrogen-bond donors (Lipinski definition) is 1. The summed E-state index contributed by atoms with van der Waals surface area (Å²) in [5, 5.41) is 4.99. The van der Waals surface area contributed by atoms with Gasteiger partial charge in [0.2, 0.25) is 0 Å². The van der Waals surface area contributed by atoms with Gasteiger partial charge in [-0.1, -0.05) is 0 Å². The third kappa shape index (κ3) is 4.80. The molecule has 0 atom stereocenters. The zero-order valence-electron chi connectivity index (χ0n) is 17.6. The maximum Gasteiger partial charge on any atom is 0.188 e. The van der Waals surface area contributed by atoms with E-state index in [1.165, 1.54) is 4.88 Å². The summed E-state index contributed by atoms with van der Waals surface area (Å²) < 4.78 is 17.0. The molecule has 0 bridgehead atoms. The van der Waals surface area contributed by atoms with Crippen molar-refractivity contribution in [3.8, 4) is 11.5 Å². The van der Waals surface area contributed by atoms with Gasteiger partial charge in [-0.2, -0.15) is 0 Å². The van der Waals surface area contributed by atoms with E-state index in [2.05, 4.69) is 32.1 Å². The topological polar surface area (TPSA) is 81.6 Å². The quantitative estimate of drug-likeness (QED) is 0.545. The van der Waals surface area contributed by atoms with E-state index < -0.39 is 0 Å². The molecule has 3 aromatic rings. The van der Waals surface area contributed by atoms with Crippen molar-refractivity contribution in [2.45, 2.75) is 20.3 Å². The molecule has 0 radical (unpaired) electrons. The first-order valence-electron chi connectivity index (χ1n) is 10.1. The van der Waals surface area contributed by atoms with E-state index in [9.17, 15) is 0 Å². The third-order valence-corrected chi connectivity index (χ3v) is 6.14. The van der Waals surface area contributed by atoms with E-state index in [-0.39, 0.29) is 0 Å². The van der Waals surface area contributed by atoms with Crippen molar-refractivity contribution in [1.29, 1.82) is 0 Å². The highest BCUT2D eigenvalue weighted by atomic mass is 32.1. The Bertz CT molecular complexity index is 984. The number of rotatable bonds is 8. The van der Waals surface area contributed by atoms with Gasteiger partial charge >= 0.3 is 0 Å². The highest BCUT2D eigenvalue weighted by molar-refractivity contribution is 7.15. The van der Waals surface area contributed by atoms with E-state index in [0.29, 0.717) is 23.9 Å². The molecule has 1 aromatic carbocycles. The fourth-order valence-electron chi connectivity index (χ4n) is 3.36. The third-order valence-electron chi connectivity index (χ3n) is 5.15. The van der Waals surface area contributed by atoms with E-state index in [1.807, 2.05) is 19.1 Å². The molecule has 2 aromatic heterocycles. The summed E-state index contributed by atoms with van der Waals surface area (Å²) >= 11 is 1.61. The maximum atomic E-state index is 6.03. The monoisotopic (exact) mass is 429 g/mol. The Balaban J connectivity index is 1.47. The van der Waals surface area contributed by atoms with Gasteiger partial charge in [-0.15, -0.1) is 11.3 Å². The number of hydrogen-bond acceptors (Lipinski definition) is 9. The van der Waals surface area contributed by atoms with Gasteiger partial charge in [0.25, 0.3) is 0 Å². The van der Waals surface area contributed by atoms with Gasteiger partial charge in [0.05, 0.1) is 38.1 Å². The average molecular weight is 430 g/mol. The van der Waals surface area contributed by atoms with Crippen LogP contribution in [0.5, 0.6) is 11.5 Å². The number of aromatic nitrogens is 3. The van der Waals surface area contributed by atoms with Crippen LogP contribution in [0.4, 0.5) is 10.9 Å². The molecule has 8 nitrogen and oxygen atoms in total. The number of thiazole rings is 1. The standard InChI is InChI=1S/C21H27N5O3S/c1-14-15(2)30-21(24-14)25-20-16-11-18(27-3)19(12-17(16)22-13-23-20)29-8-4-5-26-6-9-28-10-7-26/h11-13H,4-10H2,1-3H3,(H,22,23,24,25). The van der Waals surface area contributed by atoms with Crippen LogP contribution < -0.4 is 14.8 Å². The fourth-order valence-corrected chi connectivity index (χ4v) is 4.17. The number of morpholine rings is 1. The molecule has 9 heteroatoms. The molecule has 1 N–H and O–H groups in total. The predicted molar refractivity (Wildman–Crippen MR) is 118 cm³/mol. The number of nitrogens with one attached hydrogen (secondary N) is 1. The number of benzene rings is 1. The summed E-state index contributed by atoms with van der Waals surface area (Å²) in [7, 11) is 1.65. The van der Waals surface area contributed by atoms with Crippen molar-refractivity contribution >= 4 is 33.2 Å². The van der Waals surface area contributed by atoms with Crippen molar-refractivity contribution in [3.63, 3.8) is 0 Å². The largest absolute Gasteiger partial charge is 0.493 e. The Morgan fingerprint density at radius 1 is 1.17 bits per heavy atom. The van der Waals surface area contributed by atoms with Crippen LogP contribution in [0.2, 0.25) is 0 Å². The van der Waals surface area contributed by atoms with Gasteiger partial charge in [0.15, 0.2) is 16.6 Å². The van der Waals surface area contributed by atoms with Crippen molar-refractivity contribution < 1.29 is 14.2 Å². The first kappa shape index (κ1) is 20.8. The molecule has 0 amide bonds. The van der Waals surface area contributed by atoms with Crippen LogP contribution in [-0.4, -0.2) is 66.4 Å². The smallest absolute Gasteiger partial charge is 0.188 e. The molecule has 0 aliphatic carbocycles. The fraction of sp³-hybridized carbons (Fsp3) is 0.476. The summed E-state index contributed by atoms with van der Waals surface area (Å²) in [6.45, 7) is 9.29. The first-order valence-corrected chi connectivity index (χ1v) is 10.9. The molecule has 0 spiro atoms. The van der Waals surface area contributed by atoms with Crippen LogP contribution >= 0.6 is 11.3 Å². The molecule has 1 fully saturated rings. The molecule has 3 heterocycles. The lowest BCUT2D eigenvalue weighted by Crippen LogP contribution is -2.37. The van der Waals surface area contributed by atoms with E-state index in [0.717, 1.165) is 61.0 Å². The zero-order valence-corrected chi connectivity index (χ0v) is 18.4. The number of aryl methyl sites for hydroxylation is 2. The van der Waals surface area contributed by atoms with E-state index in [1.54, 1.807) is 24.8 Å². The Labute approximate surface area is 180 Å². The minimum absolute atomic E-state index is 0.618. The summed E-state index contributed by atoms with van der Waals surface area (Å²) in [5.41, 5.74) is 1.81. The molecule has 0 unspecified atom stereocenters. The SMILES string of the molecule is COc1cc2c(Nc3nc(C)c(C)s3)ncnc2cc1OCCCN1CCOCC1. The van der Waals surface area contributed by atoms with Crippen molar-refractivity contribution in [1.82, 2.24) is 19.9 Å². The minimum Gasteiger partial charge on any atom is -0.493 e. The number of ether oxygens (including phenoxy) is 3. The predicted octanol–water partition coefficient (Wildman–Crippen LogP) is 3.56. The molecular weight excluding hydrogens is 402 g/mol. The van der Waals surface area contributed by atoms with Crippen LogP contribution in [0.25, 0.3) is 10.9 Å². The lowest BCUT2D eigenvalue weighted by atomic mass is 10.2. The van der Waals surface area contributed by atoms with Crippen LogP contribution in [0.3, 0.4) is 0 Å². The van der Waals surface area contributed by atoms with Gasteiger partial charge < -0.3 is 19.5 Å². The van der Waals surface area contributed by atoms with Crippen molar-refractivity contribution in [2.24, 2.45) is 0 Å². The maximum absolute atomic E-state index is 6.03. The van der Waals surface area contributed by atoms with Crippen LogP contribution in [0.15, 0.2) is 18.5 Å². The summed E-state index contributed by atoms with van der Waals surface area (Å²) in [6.07, 6.45) is 2.49. The number of fused-ring (bicyclic) bond motifs is 1. The van der Waals surface area contributed by atoms with Crippen molar-refractivity contribution in [2.75, 3.05) is 51.9 Å². The van der Waals surface area contributed by atoms with Gasteiger partial charge in [0, 0.05) is 36.0 Å². The first-order chi connectivity index (χ1) is 14.6. The molecule has 30 heavy (non-hydrogen) atoms. The molecule has 4 rings (SSSR count). The normalized spacial score (nSPS) is 14.8.